The van der Waals surface area contributed by atoms with E-state index in [-0.39, 0.29) is 11.5 Å². The predicted octanol–water partition coefficient (Wildman–Crippen LogP) is 3.41. The largest absolute Gasteiger partial charge is 0.377 e. The number of aromatic nitrogens is 3. The Labute approximate surface area is 183 Å². The second-order valence-electron chi connectivity index (χ2n) is 9.78. The van der Waals surface area contributed by atoms with Gasteiger partial charge in [-0.2, -0.15) is 0 Å². The summed E-state index contributed by atoms with van der Waals surface area (Å²) in [6.07, 6.45) is 4.89. The highest BCUT2D eigenvalue weighted by molar-refractivity contribution is 5.93. The number of morpholine rings is 1. The van der Waals surface area contributed by atoms with Crippen LogP contribution in [0.4, 0.5) is 11.5 Å². The van der Waals surface area contributed by atoms with Crippen LogP contribution >= 0.6 is 0 Å². The van der Waals surface area contributed by atoms with Crippen molar-refractivity contribution in [3.63, 3.8) is 0 Å². The van der Waals surface area contributed by atoms with E-state index in [9.17, 15) is 0 Å². The van der Waals surface area contributed by atoms with Crippen molar-refractivity contribution in [1.82, 2.24) is 15.0 Å². The van der Waals surface area contributed by atoms with Gasteiger partial charge in [-0.05, 0) is 24.0 Å². The quantitative estimate of drug-likeness (QED) is 0.673. The van der Waals surface area contributed by atoms with Crippen molar-refractivity contribution < 1.29 is 4.74 Å². The van der Waals surface area contributed by atoms with Crippen LogP contribution in [0.25, 0.3) is 22.3 Å². The molecule has 164 valence electrons. The Balaban J connectivity index is 1.51. The molecule has 3 N–H and O–H groups in total. The Hall–Kier alpha value is -2.64. The molecule has 1 aromatic carbocycles. The van der Waals surface area contributed by atoms with Crippen molar-refractivity contribution in [2.24, 2.45) is 11.1 Å². The molecule has 1 fully saturated rings. The van der Waals surface area contributed by atoms with Crippen molar-refractivity contribution in [3.8, 4) is 11.4 Å². The number of nitrogens with one attached hydrogen (secondary N) is 1. The molecule has 1 saturated heterocycles. The van der Waals surface area contributed by atoms with Gasteiger partial charge in [0.25, 0.3) is 0 Å². The van der Waals surface area contributed by atoms with Gasteiger partial charge in [-0.1, -0.05) is 32.9 Å². The Morgan fingerprint density at radius 3 is 3.00 bits per heavy atom. The zero-order chi connectivity index (χ0) is 21.6. The van der Waals surface area contributed by atoms with Crippen LogP contribution < -0.4 is 15.5 Å². The van der Waals surface area contributed by atoms with E-state index < -0.39 is 0 Å². The molecule has 0 spiro atoms. The lowest BCUT2D eigenvalue weighted by molar-refractivity contribution is 0.0936. The third-order valence-electron chi connectivity index (χ3n) is 6.68. The number of fused-ring (bicyclic) bond motifs is 4. The third-order valence-corrected chi connectivity index (χ3v) is 6.68. The van der Waals surface area contributed by atoms with E-state index in [1.54, 1.807) is 0 Å². The number of benzene rings is 1. The van der Waals surface area contributed by atoms with Gasteiger partial charge in [0.15, 0.2) is 11.6 Å². The van der Waals surface area contributed by atoms with Crippen molar-refractivity contribution in [2.45, 2.75) is 39.3 Å². The SMILES string of the molecule is CC(C)(C)C(N)CCN1CC2COCCN2c2nc(-c3cccc4[nH]ccc34)ncc21. The first-order valence-electron chi connectivity index (χ1n) is 11.2. The number of hydrogen-bond donors (Lipinski definition) is 2. The standard InChI is InChI=1S/C24H32N6O/c1-24(2,3)21(25)8-10-29-14-16-15-31-12-11-30(16)23-20(29)13-27-22(28-23)18-5-4-6-19-17(18)7-9-26-19/h4-7,9,13,16,21,26H,8,10-12,14-15,25H2,1-3H3. The second kappa shape index (κ2) is 7.80. The Bertz CT molecular complexity index is 1070. The molecule has 4 heterocycles. The van der Waals surface area contributed by atoms with Crippen LogP contribution in [-0.2, 0) is 4.74 Å². The molecule has 5 rings (SSSR count). The Kier molecular flexibility index (Phi) is 5.10. The van der Waals surface area contributed by atoms with Crippen LogP contribution in [0.5, 0.6) is 0 Å². The van der Waals surface area contributed by atoms with Gasteiger partial charge in [0.2, 0.25) is 0 Å². The lowest BCUT2D eigenvalue weighted by Crippen LogP contribution is -2.56. The minimum absolute atomic E-state index is 0.0915. The lowest BCUT2D eigenvalue weighted by atomic mass is 9.85. The number of hydrogen-bond acceptors (Lipinski definition) is 6. The number of rotatable bonds is 4. The molecule has 3 aromatic rings. The Morgan fingerprint density at radius 1 is 1.29 bits per heavy atom. The van der Waals surface area contributed by atoms with Crippen LogP contribution in [-0.4, -0.2) is 59.9 Å². The highest BCUT2D eigenvalue weighted by Crippen LogP contribution is 2.37. The number of aromatic amines is 1. The van der Waals surface area contributed by atoms with Gasteiger partial charge in [0.05, 0.1) is 31.1 Å². The number of anilines is 2. The molecule has 0 amide bonds. The van der Waals surface area contributed by atoms with Crippen molar-refractivity contribution in [1.29, 1.82) is 0 Å². The van der Waals surface area contributed by atoms with Crippen molar-refractivity contribution >= 4 is 22.4 Å². The monoisotopic (exact) mass is 420 g/mol. The van der Waals surface area contributed by atoms with Gasteiger partial charge in [0.1, 0.15) is 0 Å². The van der Waals surface area contributed by atoms with E-state index in [0.29, 0.717) is 6.04 Å². The molecule has 0 saturated carbocycles. The summed E-state index contributed by atoms with van der Waals surface area (Å²) in [7, 11) is 0. The summed E-state index contributed by atoms with van der Waals surface area (Å²) in [5.74, 6) is 1.78. The van der Waals surface area contributed by atoms with Crippen LogP contribution in [0.2, 0.25) is 0 Å². The Morgan fingerprint density at radius 2 is 2.16 bits per heavy atom. The molecule has 0 aliphatic carbocycles. The smallest absolute Gasteiger partial charge is 0.162 e. The van der Waals surface area contributed by atoms with E-state index in [1.165, 1.54) is 0 Å². The van der Waals surface area contributed by atoms with Crippen LogP contribution in [0, 0.1) is 5.41 Å². The first-order chi connectivity index (χ1) is 14.9. The highest BCUT2D eigenvalue weighted by Gasteiger charge is 2.35. The molecule has 7 nitrogen and oxygen atoms in total. The highest BCUT2D eigenvalue weighted by atomic mass is 16.5. The molecule has 2 aliphatic rings. The molecule has 0 bridgehead atoms. The summed E-state index contributed by atoms with van der Waals surface area (Å²) in [5.41, 5.74) is 9.81. The van der Waals surface area contributed by atoms with E-state index in [4.69, 9.17) is 20.4 Å². The molecule has 2 unspecified atom stereocenters. The molecule has 0 radical (unpaired) electrons. The molecule has 2 atom stereocenters. The van der Waals surface area contributed by atoms with E-state index in [0.717, 1.165) is 73.1 Å². The number of ether oxygens (including phenoxy) is 1. The average molecular weight is 421 g/mol. The molecule has 31 heavy (non-hydrogen) atoms. The first kappa shape index (κ1) is 20.3. The number of nitrogens with zero attached hydrogens (tertiary/aromatic N) is 4. The third kappa shape index (κ3) is 3.77. The van der Waals surface area contributed by atoms with Gasteiger partial charge in [-0.15, -0.1) is 0 Å². The molecule has 2 aliphatic heterocycles. The van der Waals surface area contributed by atoms with Gasteiger partial charge in [0, 0.05) is 48.3 Å². The normalized spacial score (nSPS) is 19.9. The summed E-state index contributed by atoms with van der Waals surface area (Å²) >= 11 is 0. The zero-order valence-electron chi connectivity index (χ0n) is 18.6. The summed E-state index contributed by atoms with van der Waals surface area (Å²) in [6, 6.07) is 8.76. The van der Waals surface area contributed by atoms with Gasteiger partial charge in [-0.3, -0.25) is 0 Å². The maximum Gasteiger partial charge on any atom is 0.162 e. The fraction of sp³-hybridized carbons (Fsp3) is 0.500. The maximum atomic E-state index is 6.47. The minimum atomic E-state index is 0.0915. The van der Waals surface area contributed by atoms with Gasteiger partial charge >= 0.3 is 0 Å². The second-order valence-corrected chi connectivity index (χ2v) is 9.78. The van der Waals surface area contributed by atoms with E-state index >= 15 is 0 Å². The lowest BCUT2D eigenvalue weighted by Gasteiger charge is -2.46. The maximum absolute atomic E-state index is 6.47. The fourth-order valence-corrected chi connectivity index (χ4v) is 4.59. The summed E-state index contributed by atoms with van der Waals surface area (Å²) in [4.78, 5) is 18.0. The van der Waals surface area contributed by atoms with E-state index in [2.05, 4.69) is 59.8 Å². The zero-order valence-corrected chi connectivity index (χ0v) is 18.6. The molecular weight excluding hydrogens is 388 g/mol. The fourth-order valence-electron chi connectivity index (χ4n) is 4.59. The number of H-pyrrole nitrogens is 1. The minimum Gasteiger partial charge on any atom is -0.377 e. The number of nitrogens with two attached hydrogens (primary N) is 1. The molecule has 2 aromatic heterocycles. The summed E-state index contributed by atoms with van der Waals surface area (Å²) in [6.45, 7) is 10.7. The van der Waals surface area contributed by atoms with E-state index in [1.807, 2.05) is 12.4 Å². The topological polar surface area (TPSA) is 83.3 Å². The van der Waals surface area contributed by atoms with Gasteiger partial charge in [-0.25, -0.2) is 9.97 Å². The van der Waals surface area contributed by atoms with Crippen LogP contribution in [0.15, 0.2) is 36.7 Å². The molecule has 7 heteroatoms. The van der Waals surface area contributed by atoms with Gasteiger partial charge < -0.3 is 25.3 Å². The van der Waals surface area contributed by atoms with Crippen molar-refractivity contribution in [3.05, 3.63) is 36.7 Å². The van der Waals surface area contributed by atoms with Crippen molar-refractivity contribution in [2.75, 3.05) is 42.6 Å². The predicted molar refractivity (Wildman–Crippen MR) is 126 cm³/mol. The molecular formula is C24H32N6O. The summed E-state index contributed by atoms with van der Waals surface area (Å²) < 4.78 is 5.80. The first-order valence-corrected chi connectivity index (χ1v) is 11.2. The van der Waals surface area contributed by atoms with Crippen LogP contribution in [0.1, 0.15) is 27.2 Å². The average Bonchev–Trinajstić information content (AvgIpc) is 3.25. The van der Waals surface area contributed by atoms with Crippen LogP contribution in [0.3, 0.4) is 0 Å². The summed E-state index contributed by atoms with van der Waals surface area (Å²) in [5, 5.41) is 1.14.